The Labute approximate surface area is 392 Å². The van der Waals surface area contributed by atoms with Crippen LogP contribution in [0.1, 0.15) is 0 Å². The molecular formula is C62H40N2S2. The summed E-state index contributed by atoms with van der Waals surface area (Å²) in [6.07, 6.45) is 0. The summed E-state index contributed by atoms with van der Waals surface area (Å²) >= 11 is 3.74. The highest BCUT2D eigenvalue weighted by atomic mass is 32.2. The Bertz CT molecular complexity index is 3730. The van der Waals surface area contributed by atoms with Crippen LogP contribution in [0.4, 0.5) is 34.1 Å². The Morgan fingerprint density at radius 3 is 1.50 bits per heavy atom. The highest BCUT2D eigenvalue weighted by Gasteiger charge is 2.27. The molecule has 12 aromatic rings. The smallest absolute Gasteiger partial charge is 0.0476 e. The second-order valence-corrected chi connectivity index (χ2v) is 19.0. The van der Waals surface area contributed by atoms with Gasteiger partial charge in [0.15, 0.2) is 0 Å². The molecule has 0 bridgehead atoms. The second kappa shape index (κ2) is 16.0. The molecule has 0 fully saturated rings. The quantitative estimate of drug-likeness (QED) is 0.140. The van der Waals surface area contributed by atoms with Gasteiger partial charge in [-0.05, 0) is 135 Å². The van der Waals surface area contributed by atoms with E-state index in [1.807, 2.05) is 23.1 Å². The lowest BCUT2D eigenvalue weighted by Gasteiger charge is -2.29. The first-order valence-electron chi connectivity index (χ1n) is 22.4. The molecule has 0 radical (unpaired) electrons. The van der Waals surface area contributed by atoms with Crippen molar-refractivity contribution in [3.63, 3.8) is 0 Å². The Morgan fingerprint density at radius 1 is 0.273 bits per heavy atom. The van der Waals surface area contributed by atoms with Gasteiger partial charge >= 0.3 is 0 Å². The molecule has 0 amide bonds. The van der Waals surface area contributed by atoms with Crippen molar-refractivity contribution in [1.82, 2.24) is 0 Å². The van der Waals surface area contributed by atoms with E-state index in [4.69, 9.17) is 0 Å². The Kier molecular flexibility index (Phi) is 9.33. The molecule has 0 saturated carbocycles. The lowest BCUT2D eigenvalue weighted by atomic mass is 9.84. The first-order chi connectivity index (χ1) is 32.7. The van der Waals surface area contributed by atoms with E-state index >= 15 is 0 Å². The van der Waals surface area contributed by atoms with Crippen LogP contribution < -0.4 is 9.80 Å². The summed E-state index contributed by atoms with van der Waals surface area (Å²) in [5.74, 6) is 0. The number of anilines is 6. The average molecular weight is 877 g/mol. The molecule has 0 unspecified atom stereocenters. The summed E-state index contributed by atoms with van der Waals surface area (Å²) in [5, 5.41) is 7.73. The maximum absolute atomic E-state index is 2.42. The van der Waals surface area contributed by atoms with Crippen LogP contribution in [-0.4, -0.2) is 0 Å². The van der Waals surface area contributed by atoms with Gasteiger partial charge < -0.3 is 9.80 Å². The number of fused-ring (bicyclic) bond motifs is 7. The van der Waals surface area contributed by atoms with Crippen LogP contribution in [0.3, 0.4) is 0 Å². The molecular weight excluding hydrogens is 837 g/mol. The van der Waals surface area contributed by atoms with Crippen LogP contribution >= 0.6 is 23.1 Å². The van der Waals surface area contributed by atoms with Gasteiger partial charge in [0.05, 0.1) is 0 Å². The Morgan fingerprint density at radius 2 is 0.803 bits per heavy atom. The zero-order valence-corrected chi connectivity index (χ0v) is 37.4. The van der Waals surface area contributed by atoms with Crippen LogP contribution in [0.5, 0.6) is 0 Å². The van der Waals surface area contributed by atoms with E-state index in [1.165, 1.54) is 84.9 Å². The minimum atomic E-state index is 1.12. The molecule has 0 N–H and O–H groups in total. The Hall–Kier alpha value is -7.89. The summed E-state index contributed by atoms with van der Waals surface area (Å²) in [6.45, 7) is 0. The van der Waals surface area contributed by atoms with E-state index < -0.39 is 0 Å². The minimum absolute atomic E-state index is 1.12. The summed E-state index contributed by atoms with van der Waals surface area (Å²) in [6, 6.07) is 88.8. The largest absolute Gasteiger partial charge is 0.310 e. The number of benzene rings is 11. The van der Waals surface area contributed by atoms with Crippen molar-refractivity contribution < 1.29 is 0 Å². The number of nitrogens with zero attached hydrogens (tertiary/aromatic N) is 2. The second-order valence-electron chi connectivity index (χ2n) is 16.8. The summed E-state index contributed by atoms with van der Waals surface area (Å²) in [4.78, 5) is 7.26. The highest BCUT2D eigenvalue weighted by Crippen LogP contribution is 2.55. The van der Waals surface area contributed by atoms with Crippen molar-refractivity contribution in [2.24, 2.45) is 0 Å². The number of rotatable bonds is 8. The van der Waals surface area contributed by atoms with Crippen molar-refractivity contribution in [3.8, 4) is 33.4 Å². The molecule has 0 aliphatic carbocycles. The standard InChI is InChI=1S/C62H40N2S2/c1-5-16-42(17-6-1)60-53-35-30-43(41-28-31-47(32-29-41)64(46-22-11-4-12-23-46)48-33-36-51-50-24-13-14-26-56(50)65-58(51)39-48)38-55(53)52-25-15-27-57-61(52)62(60)54-37-34-49(40-59(54)66-57)63(44-18-7-2-8-19-44)45-20-9-3-10-21-45/h1-40H. The van der Waals surface area contributed by atoms with Crippen LogP contribution in [-0.2, 0) is 0 Å². The van der Waals surface area contributed by atoms with Crippen LogP contribution in [0.25, 0.3) is 75.1 Å². The molecule has 2 heterocycles. The minimum Gasteiger partial charge on any atom is -0.310 e. The van der Waals surface area contributed by atoms with Crippen molar-refractivity contribution in [3.05, 3.63) is 243 Å². The van der Waals surface area contributed by atoms with Crippen LogP contribution in [0, 0.1) is 0 Å². The molecule has 310 valence electrons. The third-order valence-corrected chi connectivity index (χ3v) is 15.3. The van der Waals surface area contributed by atoms with E-state index in [2.05, 4.69) is 252 Å². The zero-order valence-electron chi connectivity index (χ0n) is 35.8. The van der Waals surface area contributed by atoms with E-state index in [1.54, 1.807) is 0 Å². The van der Waals surface area contributed by atoms with E-state index in [9.17, 15) is 0 Å². The fraction of sp³-hybridized carbons (Fsp3) is 0. The summed E-state index contributed by atoms with van der Waals surface area (Å²) in [5.41, 5.74) is 14.2. The van der Waals surface area contributed by atoms with Gasteiger partial charge in [0.2, 0.25) is 0 Å². The molecule has 11 aromatic carbocycles. The van der Waals surface area contributed by atoms with E-state index in [0.29, 0.717) is 0 Å². The fourth-order valence-corrected chi connectivity index (χ4v) is 12.3. The Balaban J connectivity index is 0.938. The first-order valence-corrected chi connectivity index (χ1v) is 24.0. The molecule has 1 aromatic heterocycles. The zero-order chi connectivity index (χ0) is 43.6. The normalized spacial score (nSPS) is 11.9. The molecule has 66 heavy (non-hydrogen) atoms. The number of hydrogen-bond acceptors (Lipinski definition) is 4. The third-order valence-electron chi connectivity index (χ3n) is 13.0. The van der Waals surface area contributed by atoms with Gasteiger partial charge in [-0.2, -0.15) is 0 Å². The topological polar surface area (TPSA) is 6.48 Å². The van der Waals surface area contributed by atoms with Crippen LogP contribution in [0.2, 0.25) is 0 Å². The third kappa shape index (κ3) is 6.48. The van der Waals surface area contributed by atoms with Gasteiger partial charge in [-0.1, -0.05) is 163 Å². The highest BCUT2D eigenvalue weighted by molar-refractivity contribution is 7.99. The average Bonchev–Trinajstić information content (AvgIpc) is 3.76. The van der Waals surface area contributed by atoms with Gasteiger partial charge in [0, 0.05) is 75.0 Å². The lowest BCUT2D eigenvalue weighted by Crippen LogP contribution is -2.10. The summed E-state index contributed by atoms with van der Waals surface area (Å²) in [7, 11) is 0. The maximum Gasteiger partial charge on any atom is 0.0476 e. The predicted octanol–water partition coefficient (Wildman–Crippen LogP) is 18.8. The van der Waals surface area contributed by atoms with Gasteiger partial charge in [-0.15, -0.1) is 11.3 Å². The molecule has 0 saturated heterocycles. The molecule has 0 atom stereocenters. The van der Waals surface area contributed by atoms with Crippen molar-refractivity contribution in [2.45, 2.75) is 9.79 Å². The lowest BCUT2D eigenvalue weighted by molar-refractivity contribution is 1.26. The SMILES string of the molecule is c1ccc(-c2c3c4c(cccc4c4cc(-c5ccc(N(c6ccccc6)c6ccc7c(c6)sc6ccccc67)cc5)ccc24)Sc2cc(N(c4ccccc4)c4ccccc4)ccc2-3)cc1. The number of hydrogen-bond donors (Lipinski definition) is 0. The molecule has 13 rings (SSSR count). The maximum atomic E-state index is 2.42. The van der Waals surface area contributed by atoms with Gasteiger partial charge in [0.1, 0.15) is 0 Å². The van der Waals surface area contributed by atoms with Crippen molar-refractivity contribution in [2.75, 3.05) is 9.80 Å². The monoisotopic (exact) mass is 876 g/mol. The summed E-state index contributed by atoms with van der Waals surface area (Å²) < 4.78 is 2.61. The van der Waals surface area contributed by atoms with Crippen molar-refractivity contribution >= 4 is 98.9 Å². The number of para-hydroxylation sites is 3. The fourth-order valence-electron chi connectivity index (χ4n) is 10.0. The number of thiophene rings is 1. The van der Waals surface area contributed by atoms with Crippen molar-refractivity contribution in [1.29, 1.82) is 0 Å². The molecule has 2 nitrogen and oxygen atoms in total. The molecule has 0 spiro atoms. The van der Waals surface area contributed by atoms with Gasteiger partial charge in [-0.25, -0.2) is 0 Å². The van der Waals surface area contributed by atoms with Gasteiger partial charge in [0.25, 0.3) is 0 Å². The van der Waals surface area contributed by atoms with Gasteiger partial charge in [-0.3, -0.25) is 0 Å². The first kappa shape index (κ1) is 38.6. The predicted molar refractivity (Wildman–Crippen MR) is 284 cm³/mol. The molecule has 4 heteroatoms. The molecule has 1 aliphatic rings. The van der Waals surface area contributed by atoms with E-state index in [0.717, 1.165) is 34.1 Å². The van der Waals surface area contributed by atoms with Crippen LogP contribution in [0.15, 0.2) is 252 Å². The molecule has 1 aliphatic heterocycles. The van der Waals surface area contributed by atoms with E-state index in [-0.39, 0.29) is 0 Å².